The van der Waals surface area contributed by atoms with Crippen LogP contribution < -0.4 is 8.85 Å². The van der Waals surface area contributed by atoms with Gasteiger partial charge in [0.15, 0.2) is 0 Å². The lowest BCUT2D eigenvalue weighted by atomic mass is 10.1. The van der Waals surface area contributed by atoms with Gasteiger partial charge in [-0.3, -0.25) is 0 Å². The van der Waals surface area contributed by atoms with E-state index >= 15 is 0 Å². The van der Waals surface area contributed by atoms with Crippen molar-refractivity contribution >= 4 is 16.6 Å². The van der Waals surface area contributed by atoms with Gasteiger partial charge in [-0.25, -0.2) is 0 Å². The molecule has 4 nitrogen and oxygen atoms in total. The molecule has 0 amide bonds. The molecular formula is C21H37NO3Si2. The summed E-state index contributed by atoms with van der Waals surface area (Å²) in [6, 6.07) is 7.60. The van der Waals surface area contributed by atoms with E-state index in [0.29, 0.717) is 11.3 Å². The highest BCUT2D eigenvalue weighted by molar-refractivity contribution is 6.75. The average Bonchev–Trinajstić information content (AvgIpc) is 2.46. The topological polar surface area (TPSA) is 62.5 Å². The normalized spacial score (nSPS) is 14.4. The molecule has 0 saturated heterocycles. The van der Waals surface area contributed by atoms with Crippen LogP contribution in [0, 0.1) is 11.3 Å². The molecule has 0 saturated carbocycles. The highest BCUT2D eigenvalue weighted by Gasteiger charge is 2.42. The van der Waals surface area contributed by atoms with Crippen LogP contribution in [0.3, 0.4) is 0 Å². The number of benzene rings is 1. The van der Waals surface area contributed by atoms with Gasteiger partial charge in [-0.1, -0.05) is 47.6 Å². The summed E-state index contributed by atoms with van der Waals surface area (Å²) in [5.74, 6) is 1.42. The zero-order chi connectivity index (χ0) is 21.3. The summed E-state index contributed by atoms with van der Waals surface area (Å²) in [4.78, 5) is 0. The third-order valence-corrected chi connectivity index (χ3v) is 14.7. The Morgan fingerprint density at radius 3 is 1.78 bits per heavy atom. The van der Waals surface area contributed by atoms with Crippen molar-refractivity contribution in [3.8, 4) is 17.6 Å². The minimum Gasteiger partial charge on any atom is -0.541 e. The van der Waals surface area contributed by atoms with Crippen LogP contribution in [0.2, 0.25) is 36.3 Å². The Hall–Kier alpha value is -1.30. The zero-order valence-corrected chi connectivity index (χ0v) is 20.7. The van der Waals surface area contributed by atoms with Crippen molar-refractivity contribution in [2.75, 3.05) is 0 Å². The molecule has 27 heavy (non-hydrogen) atoms. The maximum atomic E-state index is 10.3. The maximum absolute atomic E-state index is 10.3. The highest BCUT2D eigenvalue weighted by atomic mass is 28.4. The third kappa shape index (κ3) is 5.84. The molecule has 0 fully saturated rings. The third-order valence-electron chi connectivity index (χ3n) is 5.98. The lowest BCUT2D eigenvalue weighted by Crippen LogP contribution is -2.45. The van der Waals surface area contributed by atoms with Crippen LogP contribution in [-0.2, 0) is 0 Å². The molecule has 6 heteroatoms. The molecule has 0 aromatic heterocycles. The predicted molar refractivity (Wildman–Crippen MR) is 117 cm³/mol. The summed E-state index contributed by atoms with van der Waals surface area (Å²) in [6.07, 6.45) is -0.763. The first kappa shape index (κ1) is 23.7. The zero-order valence-electron chi connectivity index (χ0n) is 18.7. The molecule has 0 radical (unpaired) electrons. The molecule has 152 valence electrons. The fourth-order valence-electron chi connectivity index (χ4n) is 1.96. The average molecular weight is 408 g/mol. The minimum atomic E-state index is -2.09. The number of aliphatic hydroxyl groups excluding tert-OH is 1. The standard InChI is InChI=1S/C21H37NO3Si2/c1-20(2,3)26(7,8)24-18-12-11-16(17(23)13-14-22)15-19(18)25-27(9,10)21(4,5)6/h11-12,15,17,23H,13H2,1-10H3. The number of nitriles is 1. The summed E-state index contributed by atoms with van der Waals surface area (Å²) in [7, 11) is -4.12. The van der Waals surface area contributed by atoms with E-state index < -0.39 is 22.7 Å². The van der Waals surface area contributed by atoms with E-state index in [9.17, 15) is 5.11 Å². The molecule has 0 aliphatic carbocycles. The van der Waals surface area contributed by atoms with Crippen molar-refractivity contribution in [3.05, 3.63) is 23.8 Å². The van der Waals surface area contributed by atoms with E-state index in [2.05, 4.69) is 67.7 Å². The molecule has 1 aromatic rings. The first-order chi connectivity index (χ1) is 12.0. The first-order valence-electron chi connectivity index (χ1n) is 9.59. The van der Waals surface area contributed by atoms with Crippen LogP contribution in [0.5, 0.6) is 11.5 Å². The number of rotatable bonds is 6. The second-order valence-electron chi connectivity index (χ2n) is 10.3. The molecule has 1 atom stereocenters. The van der Waals surface area contributed by atoms with Crippen molar-refractivity contribution in [1.82, 2.24) is 0 Å². The number of nitrogens with zero attached hydrogens (tertiary/aromatic N) is 1. The van der Waals surface area contributed by atoms with E-state index in [1.165, 1.54) is 0 Å². The molecule has 1 unspecified atom stereocenters. The van der Waals surface area contributed by atoms with Crippen LogP contribution in [-0.4, -0.2) is 21.7 Å². The van der Waals surface area contributed by atoms with Crippen molar-refractivity contribution in [2.24, 2.45) is 0 Å². The number of hydrogen-bond donors (Lipinski definition) is 1. The lowest BCUT2D eigenvalue weighted by molar-refractivity contribution is 0.183. The Balaban J connectivity index is 3.40. The van der Waals surface area contributed by atoms with Gasteiger partial charge in [0, 0.05) is 0 Å². The van der Waals surface area contributed by atoms with Gasteiger partial charge in [-0.05, 0) is 54.0 Å². The van der Waals surface area contributed by atoms with E-state index in [1.807, 2.05) is 24.3 Å². The first-order valence-corrected chi connectivity index (χ1v) is 15.4. The summed E-state index contributed by atoms with van der Waals surface area (Å²) in [6.45, 7) is 22.0. The second-order valence-corrected chi connectivity index (χ2v) is 19.8. The van der Waals surface area contributed by atoms with Gasteiger partial charge in [0.05, 0.1) is 18.6 Å². The summed E-state index contributed by atoms with van der Waals surface area (Å²) in [5, 5.41) is 19.3. The smallest absolute Gasteiger partial charge is 0.250 e. The molecule has 1 rings (SSSR count). The van der Waals surface area contributed by atoms with E-state index in [-0.39, 0.29) is 16.5 Å². The van der Waals surface area contributed by atoms with Crippen LogP contribution in [0.15, 0.2) is 18.2 Å². The molecule has 0 spiro atoms. The Morgan fingerprint density at radius 2 is 1.37 bits per heavy atom. The molecule has 0 bridgehead atoms. The number of hydrogen-bond acceptors (Lipinski definition) is 4. The number of aliphatic hydroxyl groups is 1. The summed E-state index contributed by atoms with van der Waals surface area (Å²) < 4.78 is 13.1. The monoisotopic (exact) mass is 407 g/mol. The SMILES string of the molecule is CC(C)(C)[Si](C)(C)Oc1ccc(C(O)CC#N)cc1O[Si](C)(C)C(C)(C)C. The van der Waals surface area contributed by atoms with Crippen LogP contribution in [0.1, 0.15) is 59.6 Å². The van der Waals surface area contributed by atoms with E-state index in [4.69, 9.17) is 14.1 Å². The summed E-state index contributed by atoms with van der Waals surface area (Å²) in [5.41, 5.74) is 0.688. The Morgan fingerprint density at radius 1 is 0.926 bits per heavy atom. The van der Waals surface area contributed by atoms with Gasteiger partial charge >= 0.3 is 0 Å². The van der Waals surface area contributed by atoms with Gasteiger partial charge in [0.2, 0.25) is 0 Å². The molecule has 0 aliphatic heterocycles. The molecule has 0 aliphatic rings. The lowest BCUT2D eigenvalue weighted by Gasteiger charge is -2.40. The van der Waals surface area contributed by atoms with Crippen molar-refractivity contribution in [1.29, 1.82) is 5.26 Å². The van der Waals surface area contributed by atoms with Crippen LogP contribution in [0.25, 0.3) is 0 Å². The van der Waals surface area contributed by atoms with Crippen molar-refractivity contribution in [2.45, 2.75) is 90.3 Å². The quantitative estimate of drug-likeness (QED) is 0.554. The molecule has 0 heterocycles. The predicted octanol–water partition coefficient (Wildman–Crippen LogP) is 6.40. The maximum Gasteiger partial charge on any atom is 0.250 e. The van der Waals surface area contributed by atoms with Gasteiger partial charge in [0.25, 0.3) is 16.6 Å². The van der Waals surface area contributed by atoms with Gasteiger partial charge in [-0.2, -0.15) is 5.26 Å². The second kappa shape index (κ2) is 7.98. The fraction of sp³-hybridized carbons (Fsp3) is 0.667. The highest BCUT2D eigenvalue weighted by Crippen LogP contribution is 2.44. The largest absolute Gasteiger partial charge is 0.541 e. The summed E-state index contributed by atoms with van der Waals surface area (Å²) >= 11 is 0. The fourth-order valence-corrected chi connectivity index (χ4v) is 4.00. The van der Waals surface area contributed by atoms with Gasteiger partial charge < -0.3 is 14.0 Å². The van der Waals surface area contributed by atoms with Crippen molar-refractivity contribution < 1.29 is 14.0 Å². The van der Waals surface area contributed by atoms with Crippen LogP contribution >= 0.6 is 0 Å². The van der Waals surface area contributed by atoms with E-state index in [1.54, 1.807) is 0 Å². The Bertz CT molecular complexity index is 695. The van der Waals surface area contributed by atoms with Gasteiger partial charge in [0.1, 0.15) is 11.5 Å². The van der Waals surface area contributed by atoms with Crippen molar-refractivity contribution in [3.63, 3.8) is 0 Å². The van der Waals surface area contributed by atoms with Crippen LogP contribution in [0.4, 0.5) is 0 Å². The minimum absolute atomic E-state index is 0.0442. The van der Waals surface area contributed by atoms with Gasteiger partial charge in [-0.15, -0.1) is 0 Å². The Labute approximate surface area is 167 Å². The molecule has 1 aromatic carbocycles. The Kier molecular flexibility index (Phi) is 7.02. The van der Waals surface area contributed by atoms with E-state index in [0.717, 1.165) is 5.75 Å². The molecular weight excluding hydrogens is 370 g/mol. The molecule has 1 N–H and O–H groups in total.